The van der Waals surface area contributed by atoms with Gasteiger partial charge in [0.1, 0.15) is 11.2 Å². The highest BCUT2D eigenvalue weighted by molar-refractivity contribution is 6.26. The van der Waals surface area contributed by atoms with Crippen LogP contribution in [0.1, 0.15) is 5.56 Å². The predicted octanol–water partition coefficient (Wildman–Crippen LogP) is 12.1. The highest BCUT2D eigenvalue weighted by Gasteiger charge is 2.16. The summed E-state index contributed by atoms with van der Waals surface area (Å²) in [6.45, 7) is 2.16. The van der Waals surface area contributed by atoms with E-state index in [-0.39, 0.29) is 0 Å². The molecule has 8 aromatic carbocycles. The number of para-hydroxylation sites is 1. The molecule has 45 heavy (non-hydrogen) atoms. The Hall–Kier alpha value is -5.86. The maximum absolute atomic E-state index is 6.22. The first-order valence-electron chi connectivity index (χ1n) is 15.5. The van der Waals surface area contributed by atoms with Gasteiger partial charge in [-0.25, -0.2) is 0 Å². The maximum atomic E-state index is 6.22. The molecule has 10 aromatic rings. The summed E-state index contributed by atoms with van der Waals surface area (Å²) in [5, 5.41) is 12.6. The van der Waals surface area contributed by atoms with Gasteiger partial charge in [0.05, 0.1) is 11.0 Å². The van der Waals surface area contributed by atoms with Crippen molar-refractivity contribution < 1.29 is 4.42 Å². The van der Waals surface area contributed by atoms with Gasteiger partial charge in [-0.2, -0.15) is 0 Å². The Morgan fingerprint density at radius 1 is 0.400 bits per heavy atom. The first kappa shape index (κ1) is 24.6. The molecule has 2 aromatic heterocycles. The number of aryl methyl sites for hydroxylation is 1. The second-order valence-electron chi connectivity index (χ2n) is 12.2. The molecule has 2 nitrogen and oxygen atoms in total. The first-order valence-corrected chi connectivity index (χ1v) is 15.5. The van der Waals surface area contributed by atoms with Gasteiger partial charge in [0.2, 0.25) is 0 Å². The molecule has 10 rings (SSSR count). The largest absolute Gasteiger partial charge is 0.456 e. The third kappa shape index (κ3) is 3.45. The SMILES string of the molecule is Cc1cccc2oc3ccc(-n4c5ccccc5c5cc(-c6ccc7c8ccccc8c8ccccc8c7c6)ccc54)cc3c12. The summed E-state index contributed by atoms with van der Waals surface area (Å²) in [5.41, 5.74) is 9.06. The fraction of sp³-hybridized carbons (Fsp3) is 0.0233. The Balaban J connectivity index is 1.20. The number of hydrogen-bond donors (Lipinski definition) is 0. The molecule has 0 bridgehead atoms. The normalized spacial score (nSPS) is 12.1. The monoisotopic (exact) mass is 573 g/mol. The lowest BCUT2D eigenvalue weighted by Gasteiger charge is -2.12. The summed E-state index contributed by atoms with van der Waals surface area (Å²) >= 11 is 0. The number of furan rings is 1. The molecule has 210 valence electrons. The zero-order valence-electron chi connectivity index (χ0n) is 24.7. The highest BCUT2D eigenvalue weighted by Crippen LogP contribution is 2.40. The molecule has 2 heteroatoms. The van der Waals surface area contributed by atoms with E-state index in [1.807, 2.05) is 0 Å². The smallest absolute Gasteiger partial charge is 0.135 e. The molecule has 0 aliphatic rings. The van der Waals surface area contributed by atoms with E-state index in [1.165, 1.54) is 76.2 Å². The lowest BCUT2D eigenvalue weighted by Crippen LogP contribution is -1.93. The van der Waals surface area contributed by atoms with Crippen molar-refractivity contribution in [3.05, 3.63) is 151 Å². The predicted molar refractivity (Wildman–Crippen MR) is 191 cm³/mol. The Labute approximate surface area is 259 Å². The van der Waals surface area contributed by atoms with Gasteiger partial charge in [-0.15, -0.1) is 0 Å². The van der Waals surface area contributed by atoms with Gasteiger partial charge < -0.3 is 8.98 Å². The second kappa shape index (κ2) is 9.07. The minimum atomic E-state index is 0.919. The van der Waals surface area contributed by atoms with Gasteiger partial charge in [-0.1, -0.05) is 97.1 Å². The molecule has 0 aliphatic heterocycles. The van der Waals surface area contributed by atoms with Crippen molar-refractivity contribution >= 4 is 76.1 Å². The van der Waals surface area contributed by atoms with Crippen LogP contribution in [-0.2, 0) is 0 Å². The molecule has 0 amide bonds. The number of rotatable bonds is 2. The fourth-order valence-electron chi connectivity index (χ4n) is 7.65. The summed E-state index contributed by atoms with van der Waals surface area (Å²) in [4.78, 5) is 0. The van der Waals surface area contributed by atoms with Crippen molar-refractivity contribution in [1.29, 1.82) is 0 Å². The van der Waals surface area contributed by atoms with Crippen molar-refractivity contribution in [3.63, 3.8) is 0 Å². The van der Waals surface area contributed by atoms with Crippen LogP contribution in [0, 0.1) is 6.92 Å². The highest BCUT2D eigenvalue weighted by atomic mass is 16.3. The molecule has 0 saturated carbocycles. The maximum Gasteiger partial charge on any atom is 0.135 e. The number of benzene rings is 8. The van der Waals surface area contributed by atoms with Crippen LogP contribution in [0.2, 0.25) is 0 Å². The van der Waals surface area contributed by atoms with E-state index < -0.39 is 0 Å². The van der Waals surface area contributed by atoms with Crippen LogP contribution >= 0.6 is 0 Å². The molecule has 0 atom stereocenters. The van der Waals surface area contributed by atoms with Crippen molar-refractivity contribution in [3.8, 4) is 16.8 Å². The van der Waals surface area contributed by atoms with Crippen molar-refractivity contribution in [2.45, 2.75) is 6.92 Å². The van der Waals surface area contributed by atoms with Gasteiger partial charge in [0.15, 0.2) is 0 Å². The third-order valence-electron chi connectivity index (χ3n) is 9.70. The fourth-order valence-corrected chi connectivity index (χ4v) is 7.65. The van der Waals surface area contributed by atoms with Crippen LogP contribution in [0.25, 0.3) is 92.9 Å². The molecule has 0 saturated heterocycles. The van der Waals surface area contributed by atoms with Crippen molar-refractivity contribution in [1.82, 2.24) is 4.57 Å². The van der Waals surface area contributed by atoms with E-state index in [1.54, 1.807) is 0 Å². The summed E-state index contributed by atoms with van der Waals surface area (Å²) in [6.07, 6.45) is 0. The van der Waals surface area contributed by atoms with E-state index >= 15 is 0 Å². The zero-order chi connectivity index (χ0) is 29.6. The van der Waals surface area contributed by atoms with Crippen molar-refractivity contribution in [2.75, 3.05) is 0 Å². The van der Waals surface area contributed by atoms with Crippen molar-refractivity contribution in [2.24, 2.45) is 0 Å². The average Bonchev–Trinajstić information content (AvgIpc) is 3.64. The minimum absolute atomic E-state index is 0.919. The van der Waals surface area contributed by atoms with Crippen LogP contribution in [0.4, 0.5) is 0 Å². The van der Waals surface area contributed by atoms with Crippen LogP contribution < -0.4 is 0 Å². The summed E-state index contributed by atoms with van der Waals surface area (Å²) in [5.74, 6) is 0. The van der Waals surface area contributed by atoms with Crippen LogP contribution in [0.15, 0.2) is 150 Å². The minimum Gasteiger partial charge on any atom is -0.456 e. The molecular formula is C43H27NO. The molecule has 0 spiro atoms. The molecule has 0 unspecified atom stereocenters. The van der Waals surface area contributed by atoms with E-state index in [0.717, 1.165) is 22.2 Å². The second-order valence-corrected chi connectivity index (χ2v) is 12.2. The molecule has 0 aliphatic carbocycles. The molecule has 0 fully saturated rings. The molecular weight excluding hydrogens is 546 g/mol. The van der Waals surface area contributed by atoms with Gasteiger partial charge in [-0.3, -0.25) is 0 Å². The lowest BCUT2D eigenvalue weighted by molar-refractivity contribution is 0.668. The number of fused-ring (bicyclic) bond motifs is 12. The van der Waals surface area contributed by atoms with E-state index in [9.17, 15) is 0 Å². The Kier molecular flexibility index (Phi) is 4.95. The van der Waals surface area contributed by atoms with Crippen LogP contribution in [0.5, 0.6) is 0 Å². The quantitative estimate of drug-likeness (QED) is 0.188. The topological polar surface area (TPSA) is 18.1 Å². The Morgan fingerprint density at radius 3 is 1.76 bits per heavy atom. The Morgan fingerprint density at radius 2 is 1.00 bits per heavy atom. The first-order chi connectivity index (χ1) is 22.2. The summed E-state index contributed by atoms with van der Waals surface area (Å²) < 4.78 is 8.61. The van der Waals surface area contributed by atoms with E-state index in [2.05, 4.69) is 157 Å². The standard InChI is InChI=1S/C43H27NO/c1-26-9-8-16-42-43(26)38-25-29(19-22-41(38)45-42)44-39-15-7-6-14-35(39)37-24-28(18-21-40(37)44)27-17-20-34-32-12-3-2-10-30(32)31-11-4-5-13-33(31)36(34)23-27/h2-25H,1H3. The summed E-state index contributed by atoms with van der Waals surface area (Å²) in [6, 6.07) is 53.0. The zero-order valence-corrected chi connectivity index (χ0v) is 24.7. The van der Waals surface area contributed by atoms with Crippen LogP contribution in [-0.4, -0.2) is 4.57 Å². The Bertz CT molecular complexity index is 2790. The van der Waals surface area contributed by atoms with Gasteiger partial charge in [-0.05, 0) is 104 Å². The van der Waals surface area contributed by atoms with Gasteiger partial charge >= 0.3 is 0 Å². The molecule has 0 N–H and O–H groups in total. The summed E-state index contributed by atoms with van der Waals surface area (Å²) in [7, 11) is 0. The third-order valence-corrected chi connectivity index (χ3v) is 9.70. The molecule has 2 heterocycles. The number of nitrogens with zero attached hydrogens (tertiary/aromatic N) is 1. The lowest BCUT2D eigenvalue weighted by atomic mass is 9.92. The molecule has 0 radical (unpaired) electrons. The van der Waals surface area contributed by atoms with E-state index in [0.29, 0.717) is 0 Å². The van der Waals surface area contributed by atoms with Gasteiger partial charge in [0, 0.05) is 27.2 Å². The van der Waals surface area contributed by atoms with Crippen LogP contribution in [0.3, 0.4) is 0 Å². The van der Waals surface area contributed by atoms with E-state index in [4.69, 9.17) is 4.42 Å². The average molecular weight is 574 g/mol. The number of aromatic nitrogens is 1. The number of hydrogen-bond acceptors (Lipinski definition) is 1. The van der Waals surface area contributed by atoms with Gasteiger partial charge in [0.25, 0.3) is 0 Å².